The van der Waals surface area contributed by atoms with Crippen LogP contribution in [-0.2, 0) is 35.0 Å². The molecule has 2 heterocycles. The lowest BCUT2D eigenvalue weighted by Gasteiger charge is -2.18. The van der Waals surface area contributed by atoms with E-state index in [1.807, 2.05) is 6.92 Å². The zero-order valence-corrected chi connectivity index (χ0v) is 17.2. The third kappa shape index (κ3) is 4.03. The first-order chi connectivity index (χ1) is 13.7. The number of hydrogen-bond acceptors (Lipinski definition) is 5. The quantitative estimate of drug-likeness (QED) is 0.692. The van der Waals surface area contributed by atoms with E-state index in [0.29, 0.717) is 36.4 Å². The standard InChI is InChI=1S/C19H22F3N3O3S/c1-4-10-9-12(18(27)28-3)17(29-10)23-16(26)13(5-2)25-14-8-6-7-11(14)15(24-25)19(20,21)22/h9,13H,4-8H2,1-3H3,(H,23,26)/t13-/m1/s1. The Morgan fingerprint density at radius 3 is 2.66 bits per heavy atom. The van der Waals surface area contributed by atoms with E-state index in [9.17, 15) is 22.8 Å². The molecule has 2 aromatic rings. The van der Waals surface area contributed by atoms with Crippen LogP contribution in [0.2, 0.25) is 0 Å². The fourth-order valence-corrected chi connectivity index (χ4v) is 4.57. The van der Waals surface area contributed by atoms with Gasteiger partial charge in [0, 0.05) is 16.1 Å². The van der Waals surface area contributed by atoms with E-state index in [0.717, 1.165) is 4.88 Å². The molecule has 158 valence electrons. The summed E-state index contributed by atoms with van der Waals surface area (Å²) < 4.78 is 46.1. The molecule has 0 bridgehead atoms. The average Bonchev–Trinajstić information content (AvgIpc) is 3.36. The molecule has 0 aliphatic heterocycles. The molecule has 1 aliphatic rings. The number of thiophene rings is 1. The second-order valence-corrected chi connectivity index (χ2v) is 7.92. The Bertz CT molecular complexity index is 933. The van der Waals surface area contributed by atoms with E-state index in [1.54, 1.807) is 13.0 Å². The maximum atomic E-state index is 13.4. The van der Waals surface area contributed by atoms with E-state index >= 15 is 0 Å². The minimum Gasteiger partial charge on any atom is -0.465 e. The maximum Gasteiger partial charge on any atom is 0.435 e. The fraction of sp³-hybridized carbons (Fsp3) is 0.526. The first-order valence-electron chi connectivity index (χ1n) is 9.40. The number of ether oxygens (including phenoxy) is 1. The molecule has 2 aromatic heterocycles. The van der Waals surface area contributed by atoms with Gasteiger partial charge in [0.2, 0.25) is 5.91 Å². The van der Waals surface area contributed by atoms with Gasteiger partial charge in [-0.3, -0.25) is 9.48 Å². The van der Waals surface area contributed by atoms with Crippen LogP contribution >= 0.6 is 11.3 Å². The van der Waals surface area contributed by atoms with Crippen LogP contribution in [0.3, 0.4) is 0 Å². The zero-order valence-electron chi connectivity index (χ0n) is 16.4. The molecule has 0 unspecified atom stereocenters. The van der Waals surface area contributed by atoms with Gasteiger partial charge in [0.25, 0.3) is 0 Å². The summed E-state index contributed by atoms with van der Waals surface area (Å²) in [4.78, 5) is 25.9. The topological polar surface area (TPSA) is 73.2 Å². The Morgan fingerprint density at radius 2 is 2.07 bits per heavy atom. The van der Waals surface area contributed by atoms with Gasteiger partial charge in [-0.1, -0.05) is 13.8 Å². The molecule has 6 nitrogen and oxygen atoms in total. The Labute approximate surface area is 170 Å². The number of amides is 1. The maximum absolute atomic E-state index is 13.4. The first-order valence-corrected chi connectivity index (χ1v) is 10.2. The van der Waals surface area contributed by atoms with Gasteiger partial charge in [0.05, 0.1) is 12.7 Å². The lowest BCUT2D eigenvalue weighted by Crippen LogP contribution is -2.28. The van der Waals surface area contributed by atoms with Crippen molar-refractivity contribution in [1.29, 1.82) is 0 Å². The van der Waals surface area contributed by atoms with Gasteiger partial charge in [-0.05, 0) is 38.2 Å². The van der Waals surface area contributed by atoms with E-state index < -0.39 is 29.8 Å². The highest BCUT2D eigenvalue weighted by atomic mass is 32.1. The molecule has 0 radical (unpaired) electrons. The minimum absolute atomic E-state index is 0.184. The summed E-state index contributed by atoms with van der Waals surface area (Å²) >= 11 is 1.25. The molecular formula is C19H22F3N3O3S. The second-order valence-electron chi connectivity index (χ2n) is 6.78. The van der Waals surface area contributed by atoms with Crippen LogP contribution in [0.25, 0.3) is 0 Å². The smallest absolute Gasteiger partial charge is 0.435 e. The summed E-state index contributed by atoms with van der Waals surface area (Å²) in [7, 11) is 1.25. The summed E-state index contributed by atoms with van der Waals surface area (Å²) in [5.74, 6) is -1.09. The molecule has 3 rings (SSSR count). The number of aromatic nitrogens is 2. The van der Waals surface area contributed by atoms with Crippen molar-refractivity contribution in [3.8, 4) is 0 Å². The summed E-state index contributed by atoms with van der Waals surface area (Å²) in [5, 5.41) is 6.81. The number of nitrogens with zero attached hydrogens (tertiary/aromatic N) is 2. The van der Waals surface area contributed by atoms with Crippen LogP contribution in [0.15, 0.2) is 6.07 Å². The van der Waals surface area contributed by atoms with Gasteiger partial charge in [-0.15, -0.1) is 11.3 Å². The largest absolute Gasteiger partial charge is 0.465 e. The number of anilines is 1. The molecular weight excluding hydrogens is 407 g/mol. The highest BCUT2D eigenvalue weighted by Crippen LogP contribution is 2.38. The van der Waals surface area contributed by atoms with Crippen LogP contribution in [0.5, 0.6) is 0 Å². The number of carbonyl (C=O) groups excluding carboxylic acids is 2. The van der Waals surface area contributed by atoms with Gasteiger partial charge >= 0.3 is 12.1 Å². The number of fused-ring (bicyclic) bond motifs is 1. The number of halogens is 3. The highest BCUT2D eigenvalue weighted by molar-refractivity contribution is 7.16. The number of aryl methyl sites for hydroxylation is 1. The van der Waals surface area contributed by atoms with Crippen LogP contribution < -0.4 is 5.32 Å². The van der Waals surface area contributed by atoms with Gasteiger partial charge in [0.1, 0.15) is 11.0 Å². The minimum atomic E-state index is -4.56. The van der Waals surface area contributed by atoms with Crippen LogP contribution in [-0.4, -0.2) is 28.8 Å². The van der Waals surface area contributed by atoms with Crippen LogP contribution in [0, 0.1) is 0 Å². The number of hydrogen-bond donors (Lipinski definition) is 1. The third-order valence-electron chi connectivity index (χ3n) is 4.99. The molecule has 1 N–H and O–H groups in total. The molecule has 0 spiro atoms. The van der Waals surface area contributed by atoms with Gasteiger partial charge in [-0.25, -0.2) is 4.79 Å². The summed E-state index contributed by atoms with van der Waals surface area (Å²) in [6.45, 7) is 3.63. The number of carbonyl (C=O) groups is 2. The van der Waals surface area contributed by atoms with Crippen molar-refractivity contribution in [1.82, 2.24) is 9.78 Å². The molecule has 10 heteroatoms. The number of nitrogens with one attached hydrogen (secondary N) is 1. The number of alkyl halides is 3. The van der Waals surface area contributed by atoms with Crippen LogP contribution in [0.4, 0.5) is 18.2 Å². The van der Waals surface area contributed by atoms with E-state index in [1.165, 1.54) is 23.1 Å². The molecule has 29 heavy (non-hydrogen) atoms. The molecule has 0 fully saturated rings. The summed E-state index contributed by atoms with van der Waals surface area (Å²) in [6.07, 6.45) is -2.27. The van der Waals surface area contributed by atoms with Crippen molar-refractivity contribution in [2.75, 3.05) is 12.4 Å². The van der Waals surface area contributed by atoms with E-state index in [2.05, 4.69) is 10.4 Å². The normalized spacial score (nSPS) is 14.6. The average molecular weight is 429 g/mol. The van der Waals surface area contributed by atoms with Crippen molar-refractivity contribution < 1.29 is 27.5 Å². The first kappa shape index (κ1) is 21.4. The monoisotopic (exact) mass is 429 g/mol. The number of methoxy groups -OCH3 is 1. The van der Waals surface area contributed by atoms with Gasteiger partial charge < -0.3 is 10.1 Å². The van der Waals surface area contributed by atoms with Crippen molar-refractivity contribution in [2.24, 2.45) is 0 Å². The highest BCUT2D eigenvalue weighted by Gasteiger charge is 2.41. The molecule has 1 amide bonds. The summed E-state index contributed by atoms with van der Waals surface area (Å²) in [5.41, 5.74) is -0.0218. The SMILES string of the molecule is CCc1cc(C(=O)OC)c(NC(=O)[C@@H](CC)n2nc(C(F)(F)F)c3c2CCC3)s1. The number of rotatable bonds is 6. The predicted molar refractivity (Wildman–Crippen MR) is 102 cm³/mol. The fourth-order valence-electron chi connectivity index (χ4n) is 3.59. The van der Waals surface area contributed by atoms with E-state index in [-0.39, 0.29) is 17.5 Å². The molecule has 0 saturated heterocycles. The third-order valence-corrected chi connectivity index (χ3v) is 6.18. The Morgan fingerprint density at radius 1 is 1.34 bits per heavy atom. The lowest BCUT2D eigenvalue weighted by molar-refractivity contribution is -0.142. The molecule has 1 aliphatic carbocycles. The van der Waals surface area contributed by atoms with Crippen molar-refractivity contribution >= 4 is 28.2 Å². The predicted octanol–water partition coefficient (Wildman–Crippen LogP) is 4.39. The van der Waals surface area contributed by atoms with E-state index in [4.69, 9.17) is 4.74 Å². The van der Waals surface area contributed by atoms with Crippen molar-refractivity contribution in [2.45, 2.75) is 58.2 Å². The van der Waals surface area contributed by atoms with Crippen LogP contribution in [0.1, 0.15) is 64.9 Å². The van der Waals surface area contributed by atoms with Crippen molar-refractivity contribution in [3.63, 3.8) is 0 Å². The van der Waals surface area contributed by atoms with Crippen molar-refractivity contribution in [3.05, 3.63) is 33.5 Å². The Hall–Kier alpha value is -2.36. The lowest BCUT2D eigenvalue weighted by atomic mass is 10.1. The Balaban J connectivity index is 1.94. The second kappa shape index (κ2) is 8.17. The molecule has 0 saturated carbocycles. The zero-order chi connectivity index (χ0) is 21.3. The Kier molecular flexibility index (Phi) is 6.02. The summed E-state index contributed by atoms with van der Waals surface area (Å²) in [6, 6.07) is 0.746. The molecule has 1 atom stereocenters. The number of esters is 1. The van der Waals surface area contributed by atoms with Gasteiger partial charge in [0.15, 0.2) is 5.69 Å². The molecule has 0 aromatic carbocycles. The van der Waals surface area contributed by atoms with Gasteiger partial charge in [-0.2, -0.15) is 18.3 Å².